The van der Waals surface area contributed by atoms with E-state index in [4.69, 9.17) is 5.73 Å². The van der Waals surface area contributed by atoms with Crippen molar-refractivity contribution in [3.63, 3.8) is 0 Å². The molecule has 0 heterocycles. The van der Waals surface area contributed by atoms with Gasteiger partial charge < -0.3 is 10.8 Å². The first kappa shape index (κ1) is 10.8. The standard InChI is InChI=1S/C10H10BrF2NO/c11-7-3-1-2-6(8(7)15)9(5-14)4-10(9,12)13/h1-3,15H,4-5,14H2. The van der Waals surface area contributed by atoms with Crippen LogP contribution >= 0.6 is 15.9 Å². The summed E-state index contributed by atoms with van der Waals surface area (Å²) in [7, 11) is 0. The van der Waals surface area contributed by atoms with Gasteiger partial charge in [-0.05, 0) is 22.0 Å². The Balaban J connectivity index is 2.51. The van der Waals surface area contributed by atoms with Gasteiger partial charge in [0.25, 0.3) is 5.92 Å². The van der Waals surface area contributed by atoms with Crippen molar-refractivity contribution in [1.29, 1.82) is 0 Å². The highest BCUT2D eigenvalue weighted by molar-refractivity contribution is 9.10. The Morgan fingerprint density at radius 2 is 2.07 bits per heavy atom. The summed E-state index contributed by atoms with van der Waals surface area (Å²) in [6, 6.07) is 4.71. The molecular formula is C10H10BrF2NO. The van der Waals surface area contributed by atoms with Crippen LogP contribution in [0.5, 0.6) is 5.75 Å². The third-order valence-corrected chi connectivity index (χ3v) is 3.59. The number of alkyl halides is 2. The van der Waals surface area contributed by atoms with Crippen molar-refractivity contribution in [3.8, 4) is 5.75 Å². The van der Waals surface area contributed by atoms with Crippen molar-refractivity contribution in [2.24, 2.45) is 5.73 Å². The van der Waals surface area contributed by atoms with Crippen LogP contribution in [0.15, 0.2) is 22.7 Å². The summed E-state index contributed by atoms with van der Waals surface area (Å²) >= 11 is 3.10. The van der Waals surface area contributed by atoms with Crippen LogP contribution < -0.4 is 5.73 Å². The Labute approximate surface area is 94.2 Å². The van der Waals surface area contributed by atoms with Crippen molar-refractivity contribution in [3.05, 3.63) is 28.2 Å². The second-order valence-corrected chi connectivity index (χ2v) is 4.66. The predicted molar refractivity (Wildman–Crippen MR) is 56.1 cm³/mol. The maximum absolute atomic E-state index is 13.2. The lowest BCUT2D eigenvalue weighted by Crippen LogP contribution is -2.26. The first-order chi connectivity index (χ1) is 6.94. The van der Waals surface area contributed by atoms with Gasteiger partial charge in [-0.15, -0.1) is 0 Å². The molecule has 0 radical (unpaired) electrons. The number of hydrogen-bond donors (Lipinski definition) is 2. The monoisotopic (exact) mass is 277 g/mol. The Morgan fingerprint density at radius 3 is 2.53 bits per heavy atom. The molecule has 1 aliphatic rings. The molecule has 0 amide bonds. The molecular weight excluding hydrogens is 268 g/mol. The summed E-state index contributed by atoms with van der Waals surface area (Å²) in [4.78, 5) is 0. The largest absolute Gasteiger partial charge is 0.506 e. The summed E-state index contributed by atoms with van der Waals surface area (Å²) < 4.78 is 26.9. The van der Waals surface area contributed by atoms with Crippen LogP contribution in [0, 0.1) is 0 Å². The van der Waals surface area contributed by atoms with E-state index in [9.17, 15) is 13.9 Å². The lowest BCUT2D eigenvalue weighted by molar-refractivity contribution is 0.0889. The Hall–Kier alpha value is -0.680. The van der Waals surface area contributed by atoms with Crippen LogP contribution in [0.3, 0.4) is 0 Å². The SMILES string of the molecule is NCC1(c2cccc(Br)c2O)CC1(F)F. The van der Waals surface area contributed by atoms with E-state index in [0.717, 1.165) is 0 Å². The molecule has 0 aliphatic heterocycles. The molecule has 2 nitrogen and oxygen atoms in total. The van der Waals surface area contributed by atoms with Crippen LogP contribution in [0.4, 0.5) is 8.78 Å². The highest BCUT2D eigenvalue weighted by atomic mass is 79.9. The van der Waals surface area contributed by atoms with E-state index in [1.54, 1.807) is 12.1 Å². The van der Waals surface area contributed by atoms with E-state index >= 15 is 0 Å². The molecule has 1 aromatic carbocycles. The second kappa shape index (κ2) is 3.15. The molecule has 3 N–H and O–H groups in total. The summed E-state index contributed by atoms with van der Waals surface area (Å²) in [5.41, 5.74) is 4.24. The number of para-hydroxylation sites is 1. The quantitative estimate of drug-likeness (QED) is 0.872. The van der Waals surface area contributed by atoms with Crippen LogP contribution in [0.25, 0.3) is 0 Å². The summed E-state index contributed by atoms with van der Waals surface area (Å²) in [5, 5.41) is 9.70. The molecule has 1 saturated carbocycles. The third-order valence-electron chi connectivity index (χ3n) is 2.95. The fourth-order valence-electron chi connectivity index (χ4n) is 1.86. The average molecular weight is 278 g/mol. The van der Waals surface area contributed by atoms with Crippen LogP contribution in [0.2, 0.25) is 0 Å². The molecule has 15 heavy (non-hydrogen) atoms. The summed E-state index contributed by atoms with van der Waals surface area (Å²) in [6.07, 6.45) is -0.291. The Morgan fingerprint density at radius 1 is 1.47 bits per heavy atom. The summed E-state index contributed by atoms with van der Waals surface area (Å²) in [5.74, 6) is -2.94. The molecule has 82 valence electrons. The first-order valence-electron chi connectivity index (χ1n) is 4.50. The van der Waals surface area contributed by atoms with Crippen molar-refractivity contribution >= 4 is 15.9 Å². The maximum atomic E-state index is 13.2. The minimum atomic E-state index is -2.81. The van der Waals surface area contributed by atoms with Crippen molar-refractivity contribution < 1.29 is 13.9 Å². The van der Waals surface area contributed by atoms with Gasteiger partial charge in [-0.1, -0.05) is 12.1 Å². The van der Waals surface area contributed by atoms with Gasteiger partial charge in [0, 0.05) is 18.5 Å². The summed E-state index contributed by atoms with van der Waals surface area (Å²) in [6.45, 7) is -0.163. The van der Waals surface area contributed by atoms with E-state index in [-0.39, 0.29) is 24.3 Å². The lowest BCUT2D eigenvalue weighted by atomic mass is 9.94. The molecule has 1 unspecified atom stereocenters. The molecule has 2 rings (SSSR count). The van der Waals surface area contributed by atoms with Gasteiger partial charge in [-0.2, -0.15) is 0 Å². The molecule has 1 aliphatic carbocycles. The molecule has 0 spiro atoms. The van der Waals surface area contributed by atoms with Gasteiger partial charge in [0.2, 0.25) is 0 Å². The zero-order valence-corrected chi connectivity index (χ0v) is 9.39. The van der Waals surface area contributed by atoms with E-state index in [2.05, 4.69) is 15.9 Å². The fraction of sp³-hybridized carbons (Fsp3) is 0.400. The molecule has 0 saturated heterocycles. The molecule has 1 fully saturated rings. The van der Waals surface area contributed by atoms with Crippen molar-refractivity contribution in [2.45, 2.75) is 17.8 Å². The topological polar surface area (TPSA) is 46.2 Å². The highest BCUT2D eigenvalue weighted by Crippen LogP contribution is 2.62. The normalized spacial score (nSPS) is 27.7. The minimum absolute atomic E-state index is 0.139. The number of phenols is 1. The molecule has 1 atom stereocenters. The van der Waals surface area contributed by atoms with E-state index in [1.165, 1.54) is 6.07 Å². The number of hydrogen-bond acceptors (Lipinski definition) is 2. The predicted octanol–water partition coefficient (Wildman–Crippen LogP) is 2.39. The number of phenolic OH excluding ortho intramolecular Hbond substituents is 1. The Bertz CT molecular complexity index is 410. The van der Waals surface area contributed by atoms with Crippen molar-refractivity contribution in [1.82, 2.24) is 0 Å². The first-order valence-corrected chi connectivity index (χ1v) is 5.30. The zero-order valence-electron chi connectivity index (χ0n) is 7.80. The van der Waals surface area contributed by atoms with Gasteiger partial charge in [-0.3, -0.25) is 0 Å². The molecule has 0 bridgehead atoms. The molecule has 1 aromatic rings. The maximum Gasteiger partial charge on any atom is 0.260 e. The number of halogens is 3. The zero-order chi connectivity index (χ0) is 11.3. The fourth-order valence-corrected chi connectivity index (χ4v) is 2.23. The van der Waals surface area contributed by atoms with Gasteiger partial charge in [0.1, 0.15) is 5.75 Å². The second-order valence-electron chi connectivity index (χ2n) is 3.80. The number of benzene rings is 1. The van der Waals surface area contributed by atoms with Crippen LogP contribution in [-0.4, -0.2) is 17.6 Å². The van der Waals surface area contributed by atoms with Crippen LogP contribution in [-0.2, 0) is 5.41 Å². The smallest absolute Gasteiger partial charge is 0.260 e. The van der Waals surface area contributed by atoms with E-state index in [0.29, 0.717) is 4.47 Å². The van der Waals surface area contributed by atoms with Gasteiger partial charge in [-0.25, -0.2) is 8.78 Å². The van der Waals surface area contributed by atoms with E-state index in [1.807, 2.05) is 0 Å². The third kappa shape index (κ3) is 1.37. The van der Waals surface area contributed by atoms with Gasteiger partial charge in [0.15, 0.2) is 0 Å². The number of aromatic hydroxyl groups is 1. The lowest BCUT2D eigenvalue weighted by Gasteiger charge is -2.16. The van der Waals surface area contributed by atoms with E-state index < -0.39 is 11.3 Å². The van der Waals surface area contributed by atoms with Crippen LogP contribution in [0.1, 0.15) is 12.0 Å². The molecule has 5 heteroatoms. The minimum Gasteiger partial charge on any atom is -0.506 e. The number of nitrogens with two attached hydrogens (primary N) is 1. The number of rotatable bonds is 2. The van der Waals surface area contributed by atoms with Crippen molar-refractivity contribution in [2.75, 3.05) is 6.54 Å². The average Bonchev–Trinajstić information content (AvgIpc) is 2.74. The highest BCUT2D eigenvalue weighted by Gasteiger charge is 2.71. The molecule has 0 aromatic heterocycles. The Kier molecular flexibility index (Phi) is 2.28. The van der Waals surface area contributed by atoms with Gasteiger partial charge in [0.05, 0.1) is 9.89 Å². The van der Waals surface area contributed by atoms with Gasteiger partial charge >= 0.3 is 0 Å².